The maximum atomic E-state index is 10.5. The quantitative estimate of drug-likeness (QED) is 0.499. The molecule has 0 aromatic carbocycles. The van der Waals surface area contributed by atoms with Crippen LogP contribution in [0.2, 0.25) is 0 Å². The maximum Gasteiger partial charge on any atom is 0.482 e. The molecule has 0 aliphatic carbocycles. The fourth-order valence-corrected chi connectivity index (χ4v) is 1.04. The van der Waals surface area contributed by atoms with E-state index in [4.69, 9.17) is 38.7 Å². The molecule has 0 bridgehead atoms. The summed E-state index contributed by atoms with van der Waals surface area (Å²) < 4.78 is 0.683. The Hall–Kier alpha value is -0.00506. The molecule has 0 aromatic heterocycles. The second kappa shape index (κ2) is 9.55. The van der Waals surface area contributed by atoms with Crippen LogP contribution in [0.25, 0.3) is 0 Å². The minimum Gasteiger partial charge on any atom is -0.480 e. The fourth-order valence-electron chi connectivity index (χ4n) is 0.711. The molecule has 83 valence electrons. The number of rotatable bonds is 4. The van der Waals surface area contributed by atoms with Gasteiger partial charge >= 0.3 is 13.7 Å². The van der Waals surface area contributed by atoms with Crippen molar-refractivity contribution in [2.45, 2.75) is 26.3 Å². The number of carboxylic acids is 1. The van der Waals surface area contributed by atoms with Crippen molar-refractivity contribution < 1.29 is 19.9 Å². The molecule has 8 heteroatoms. The molecule has 0 aromatic rings. The van der Waals surface area contributed by atoms with Crippen LogP contribution in [0.4, 0.5) is 0 Å². The van der Waals surface area contributed by atoms with Gasteiger partial charge in [-0.2, -0.15) is 0 Å². The van der Waals surface area contributed by atoms with Gasteiger partial charge in [-0.3, -0.25) is 4.79 Å². The zero-order chi connectivity index (χ0) is 11.7. The van der Waals surface area contributed by atoms with Crippen LogP contribution in [0, 0.1) is 5.92 Å². The predicted octanol–water partition coefficient (Wildman–Crippen LogP) is 0.600. The zero-order valence-electron chi connectivity index (χ0n) is 7.89. The van der Waals surface area contributed by atoms with E-state index in [1.807, 2.05) is 13.8 Å². The van der Waals surface area contributed by atoms with E-state index >= 15 is 0 Å². The highest BCUT2D eigenvalue weighted by atomic mass is 35.5. The first-order chi connectivity index (χ1) is 6.36. The van der Waals surface area contributed by atoms with Crippen molar-refractivity contribution in [3.8, 4) is 0 Å². The van der Waals surface area contributed by atoms with Crippen LogP contribution in [0.5, 0.6) is 0 Å². The second-order valence-electron chi connectivity index (χ2n) is 2.86. The van der Waals surface area contributed by atoms with Gasteiger partial charge in [-0.05, 0) is 35.9 Å². The molecule has 1 radical (unpaired) electrons. The number of carboxylic acid groups (broad SMARTS) is 1. The average Bonchev–Trinajstić information content (AvgIpc) is 2.00. The predicted molar refractivity (Wildman–Crippen MR) is 54.6 cm³/mol. The van der Waals surface area contributed by atoms with Crippen molar-refractivity contribution in [2.75, 3.05) is 0 Å². The second-order valence-corrected chi connectivity index (χ2v) is 3.76. The Morgan fingerprint density at radius 2 is 1.79 bits per heavy atom. The third kappa shape index (κ3) is 10.1. The number of aliphatic carboxylic acids is 1. The smallest absolute Gasteiger partial charge is 0.480 e. The molecular weight excluding hydrogens is 232 g/mol. The van der Waals surface area contributed by atoms with Crippen LogP contribution in [-0.2, 0) is 4.79 Å². The number of nitrogens with zero attached hydrogens (tertiary/aromatic N) is 1. The van der Waals surface area contributed by atoms with Gasteiger partial charge in [0.25, 0.3) is 0 Å². The van der Waals surface area contributed by atoms with Crippen molar-refractivity contribution in [2.24, 2.45) is 5.92 Å². The lowest BCUT2D eigenvalue weighted by Gasteiger charge is -2.16. The Kier molecular flexibility index (Phi) is 11.2. The molecule has 0 spiro atoms. The summed E-state index contributed by atoms with van der Waals surface area (Å²) in [6.07, 6.45) is 0.447. The van der Waals surface area contributed by atoms with Crippen LogP contribution in [-0.4, -0.2) is 38.8 Å². The van der Waals surface area contributed by atoms with E-state index in [1.54, 1.807) is 0 Å². The van der Waals surface area contributed by atoms with Gasteiger partial charge in [-0.1, -0.05) is 13.8 Å². The number of halogens is 2. The first-order valence-corrected chi connectivity index (χ1v) is 4.48. The van der Waals surface area contributed by atoms with Gasteiger partial charge in [0.05, 0.1) is 0 Å². The van der Waals surface area contributed by atoms with E-state index in [-0.39, 0.29) is 13.6 Å². The number of hydrogen-bond acceptors (Lipinski definition) is 4. The lowest BCUT2D eigenvalue weighted by molar-refractivity contribution is -0.140. The minimum absolute atomic E-state index is 0. The van der Waals surface area contributed by atoms with E-state index in [0.29, 0.717) is 10.4 Å². The fraction of sp³-hybridized carbons (Fsp3) is 0.833. The Bertz CT molecular complexity index is 159. The van der Waals surface area contributed by atoms with Crippen LogP contribution < -0.4 is 0 Å². The first kappa shape index (κ1) is 16.4. The van der Waals surface area contributed by atoms with Crippen LogP contribution in [0.1, 0.15) is 20.3 Å². The summed E-state index contributed by atoms with van der Waals surface area (Å²) in [5, 5.41) is 22.6. The third-order valence-corrected chi connectivity index (χ3v) is 1.69. The standard InChI is InChI=1S/C6H11Cl2NO2.BH2O2/c1-4(2)3-5(6(10)11)9(7)8;2-1-3/h4-5H,3H2,1-2H3,(H,10,11);2-3H. The van der Waals surface area contributed by atoms with Gasteiger partial charge in [0, 0.05) is 0 Å². The summed E-state index contributed by atoms with van der Waals surface area (Å²) in [6, 6.07) is -0.807. The van der Waals surface area contributed by atoms with E-state index in [1.165, 1.54) is 0 Å². The van der Waals surface area contributed by atoms with Crippen LogP contribution >= 0.6 is 23.6 Å². The van der Waals surface area contributed by atoms with E-state index < -0.39 is 12.0 Å². The number of carbonyl (C=O) groups is 1. The molecule has 0 saturated heterocycles. The summed E-state index contributed by atoms with van der Waals surface area (Å²) >= 11 is 10.6. The lowest BCUT2D eigenvalue weighted by atomic mass is 10.1. The molecular formula is C6H13BCl2NO4. The minimum atomic E-state index is -0.997. The summed E-state index contributed by atoms with van der Waals surface area (Å²) in [5.74, 6) is -0.736. The van der Waals surface area contributed by atoms with Gasteiger partial charge in [-0.25, -0.2) is 0 Å². The molecule has 0 rings (SSSR count). The van der Waals surface area contributed by atoms with Gasteiger partial charge in [-0.15, -0.1) is 3.94 Å². The summed E-state index contributed by atoms with van der Waals surface area (Å²) in [5.41, 5.74) is 0. The Morgan fingerprint density at radius 1 is 1.43 bits per heavy atom. The first-order valence-electron chi connectivity index (χ1n) is 3.80. The highest BCUT2D eigenvalue weighted by Crippen LogP contribution is 2.15. The molecule has 0 aliphatic rings. The van der Waals surface area contributed by atoms with Crippen molar-refractivity contribution in [1.29, 1.82) is 0 Å². The van der Waals surface area contributed by atoms with Crippen molar-refractivity contribution in [1.82, 2.24) is 3.94 Å². The normalized spacial score (nSPS) is 12.0. The largest absolute Gasteiger partial charge is 0.482 e. The van der Waals surface area contributed by atoms with Gasteiger partial charge in [0.1, 0.15) is 6.04 Å². The molecule has 0 fully saturated rings. The van der Waals surface area contributed by atoms with Gasteiger partial charge < -0.3 is 15.2 Å². The van der Waals surface area contributed by atoms with Crippen molar-refractivity contribution >= 4 is 37.2 Å². The third-order valence-electron chi connectivity index (χ3n) is 1.22. The summed E-state index contributed by atoms with van der Waals surface area (Å²) in [4.78, 5) is 10.5. The molecule has 0 amide bonds. The molecule has 14 heavy (non-hydrogen) atoms. The van der Waals surface area contributed by atoms with E-state index in [0.717, 1.165) is 0 Å². The summed E-state index contributed by atoms with van der Waals surface area (Å²) in [6.45, 7) is 3.82. The SMILES string of the molecule is CC(C)CC(C(=O)O)N(Cl)Cl.O[B]O. The van der Waals surface area contributed by atoms with Crippen molar-refractivity contribution in [3.63, 3.8) is 0 Å². The highest BCUT2D eigenvalue weighted by molar-refractivity contribution is 6.34. The van der Waals surface area contributed by atoms with Crippen molar-refractivity contribution in [3.05, 3.63) is 0 Å². The monoisotopic (exact) mass is 244 g/mol. The van der Waals surface area contributed by atoms with E-state index in [9.17, 15) is 4.79 Å². The number of hydrogen-bond donors (Lipinski definition) is 3. The van der Waals surface area contributed by atoms with Crippen LogP contribution in [0.15, 0.2) is 0 Å². The van der Waals surface area contributed by atoms with Gasteiger partial charge in [0.15, 0.2) is 0 Å². The average molecular weight is 245 g/mol. The Labute approximate surface area is 93.8 Å². The topological polar surface area (TPSA) is 81.0 Å². The maximum absolute atomic E-state index is 10.5. The Morgan fingerprint density at radius 3 is 1.86 bits per heavy atom. The molecule has 0 aliphatic heterocycles. The zero-order valence-corrected chi connectivity index (χ0v) is 9.40. The molecule has 1 atom stereocenters. The van der Waals surface area contributed by atoms with E-state index in [2.05, 4.69) is 0 Å². The van der Waals surface area contributed by atoms with Gasteiger partial charge in [0.2, 0.25) is 0 Å². The highest BCUT2D eigenvalue weighted by Gasteiger charge is 2.23. The molecule has 3 N–H and O–H groups in total. The molecule has 0 heterocycles. The molecule has 1 unspecified atom stereocenters. The summed E-state index contributed by atoms with van der Waals surface area (Å²) in [7, 11) is 0. The van der Waals surface area contributed by atoms with Crippen LogP contribution in [0.3, 0.4) is 0 Å². The molecule has 5 nitrogen and oxygen atoms in total. The Balaban J connectivity index is 0. The molecule has 0 saturated carbocycles. The lowest BCUT2D eigenvalue weighted by Crippen LogP contribution is -2.30.